The molecule has 31 heavy (non-hydrogen) atoms. The molecule has 1 fully saturated rings. The summed E-state index contributed by atoms with van der Waals surface area (Å²) in [6, 6.07) is 25.2. The Hall–Kier alpha value is -2.65. The molecule has 0 saturated carbocycles. The van der Waals surface area contributed by atoms with Gasteiger partial charge in [-0.3, -0.25) is 4.90 Å². The summed E-state index contributed by atoms with van der Waals surface area (Å²) >= 11 is 6.12. The fourth-order valence-corrected chi connectivity index (χ4v) is 6.31. The van der Waals surface area contributed by atoms with Gasteiger partial charge in [0, 0.05) is 13.1 Å². The molecule has 0 spiro atoms. The van der Waals surface area contributed by atoms with Crippen molar-refractivity contribution < 1.29 is 8.42 Å². The van der Waals surface area contributed by atoms with Crippen molar-refractivity contribution in [3.8, 4) is 17.2 Å². The van der Waals surface area contributed by atoms with Crippen LogP contribution in [0, 0.1) is 17.2 Å². The quantitative estimate of drug-likeness (QED) is 0.519. The molecule has 0 aliphatic carbocycles. The average molecular weight is 451 g/mol. The van der Waals surface area contributed by atoms with Crippen molar-refractivity contribution in [2.75, 3.05) is 18.8 Å². The Kier molecular flexibility index (Phi) is 6.43. The molecule has 1 heterocycles. The van der Waals surface area contributed by atoms with Crippen LogP contribution in [0.25, 0.3) is 11.1 Å². The number of rotatable bonds is 6. The number of nitriles is 1. The molecule has 1 aliphatic rings. The molecule has 1 aliphatic heterocycles. The molecule has 0 N–H and O–H groups in total. The molecule has 0 amide bonds. The molecule has 3 aromatic carbocycles. The summed E-state index contributed by atoms with van der Waals surface area (Å²) in [5, 5.41) is 9.24. The van der Waals surface area contributed by atoms with Crippen molar-refractivity contribution in [1.29, 1.82) is 5.26 Å². The highest BCUT2D eigenvalue weighted by molar-refractivity contribution is 7.91. The van der Waals surface area contributed by atoms with Crippen LogP contribution in [-0.2, 0) is 16.4 Å². The molecule has 4 rings (SSSR count). The summed E-state index contributed by atoms with van der Waals surface area (Å²) < 4.78 is 25.8. The summed E-state index contributed by atoms with van der Waals surface area (Å²) in [7, 11) is -3.55. The summed E-state index contributed by atoms with van der Waals surface area (Å²) in [6.07, 6.45) is 0.830. The van der Waals surface area contributed by atoms with Crippen LogP contribution in [0.4, 0.5) is 0 Å². The highest BCUT2D eigenvalue weighted by Gasteiger charge is 2.29. The van der Waals surface area contributed by atoms with Gasteiger partial charge in [0.2, 0.25) is 0 Å². The van der Waals surface area contributed by atoms with Crippen molar-refractivity contribution in [2.24, 2.45) is 5.92 Å². The molecule has 0 bridgehead atoms. The Morgan fingerprint density at radius 1 is 1.00 bits per heavy atom. The zero-order valence-corrected chi connectivity index (χ0v) is 18.6. The number of sulfone groups is 1. The molecule has 6 heteroatoms. The molecule has 4 nitrogen and oxygen atoms in total. The second kappa shape index (κ2) is 9.23. The van der Waals surface area contributed by atoms with Gasteiger partial charge in [-0.1, -0.05) is 66.2 Å². The fraction of sp³-hybridized carbons (Fsp3) is 0.240. The van der Waals surface area contributed by atoms with E-state index < -0.39 is 9.84 Å². The SMILES string of the molecule is N#Cc1ccc(Cl)c(S(=O)(=O)C[C@@H]2CCN(Cc3ccc(-c4ccccc4)cc3)C2)c1. The van der Waals surface area contributed by atoms with Gasteiger partial charge in [-0.25, -0.2) is 8.42 Å². The maximum Gasteiger partial charge on any atom is 0.180 e. The van der Waals surface area contributed by atoms with Gasteiger partial charge in [0.25, 0.3) is 0 Å². The third-order valence-corrected chi connectivity index (χ3v) is 8.05. The molecule has 0 radical (unpaired) electrons. The summed E-state index contributed by atoms with van der Waals surface area (Å²) in [4.78, 5) is 2.36. The number of halogens is 1. The fourth-order valence-electron chi connectivity index (χ4n) is 4.10. The third kappa shape index (κ3) is 5.16. The number of hydrogen-bond donors (Lipinski definition) is 0. The first-order valence-corrected chi connectivity index (χ1v) is 12.3. The molecule has 1 saturated heterocycles. The number of likely N-dealkylation sites (tertiary alicyclic amines) is 1. The van der Waals surface area contributed by atoms with Gasteiger partial charge >= 0.3 is 0 Å². The molecule has 3 aromatic rings. The van der Waals surface area contributed by atoms with Crippen molar-refractivity contribution in [3.63, 3.8) is 0 Å². The second-order valence-electron chi connectivity index (χ2n) is 7.99. The first-order chi connectivity index (χ1) is 14.9. The van der Waals surface area contributed by atoms with E-state index >= 15 is 0 Å². The van der Waals surface area contributed by atoms with Crippen LogP contribution in [0.15, 0.2) is 77.7 Å². The maximum atomic E-state index is 12.9. The highest BCUT2D eigenvalue weighted by atomic mass is 35.5. The van der Waals surface area contributed by atoms with E-state index in [2.05, 4.69) is 41.3 Å². The smallest absolute Gasteiger partial charge is 0.180 e. The predicted molar refractivity (Wildman–Crippen MR) is 123 cm³/mol. The minimum absolute atomic E-state index is 0.0467. The molecule has 158 valence electrons. The first kappa shape index (κ1) is 21.6. The van der Waals surface area contributed by atoms with Gasteiger partial charge in [-0.05, 0) is 53.8 Å². The Bertz CT molecular complexity index is 1200. The lowest BCUT2D eigenvalue weighted by atomic mass is 10.0. The summed E-state index contributed by atoms with van der Waals surface area (Å²) in [5.74, 6) is 0.0980. The highest BCUT2D eigenvalue weighted by Crippen LogP contribution is 2.28. The van der Waals surface area contributed by atoms with E-state index in [1.165, 1.54) is 34.9 Å². The van der Waals surface area contributed by atoms with Crippen LogP contribution < -0.4 is 0 Å². The normalized spacial score (nSPS) is 16.8. The zero-order chi connectivity index (χ0) is 21.8. The standard InChI is InChI=1S/C25H23ClN2O2S/c26-24-11-8-20(15-27)14-25(24)31(29,30)18-21-12-13-28(17-21)16-19-6-9-23(10-7-19)22-4-2-1-3-5-22/h1-11,14,21H,12-13,16-18H2/t21-/m1/s1. The van der Waals surface area contributed by atoms with E-state index in [0.717, 1.165) is 26.1 Å². The number of benzene rings is 3. The first-order valence-electron chi connectivity index (χ1n) is 10.2. The van der Waals surface area contributed by atoms with Gasteiger partial charge in [-0.15, -0.1) is 0 Å². The Morgan fingerprint density at radius 2 is 1.71 bits per heavy atom. The van der Waals surface area contributed by atoms with Crippen LogP contribution >= 0.6 is 11.6 Å². The van der Waals surface area contributed by atoms with E-state index in [4.69, 9.17) is 16.9 Å². The Morgan fingerprint density at radius 3 is 2.42 bits per heavy atom. The van der Waals surface area contributed by atoms with Gasteiger partial charge in [0.15, 0.2) is 9.84 Å². The molecular formula is C25H23ClN2O2S. The van der Waals surface area contributed by atoms with E-state index in [1.807, 2.05) is 24.3 Å². The van der Waals surface area contributed by atoms with Crippen LogP contribution in [0.5, 0.6) is 0 Å². The van der Waals surface area contributed by atoms with Gasteiger partial charge in [-0.2, -0.15) is 5.26 Å². The minimum atomic E-state index is -3.55. The van der Waals surface area contributed by atoms with Crippen molar-refractivity contribution >= 4 is 21.4 Å². The second-order valence-corrected chi connectivity index (χ2v) is 10.4. The predicted octanol–water partition coefficient (Wildman–Crippen LogP) is 5.17. The Balaban J connectivity index is 1.38. The minimum Gasteiger partial charge on any atom is -0.299 e. The monoisotopic (exact) mass is 450 g/mol. The maximum absolute atomic E-state index is 12.9. The van der Waals surface area contributed by atoms with Crippen molar-refractivity contribution in [3.05, 3.63) is 88.9 Å². The number of hydrogen-bond acceptors (Lipinski definition) is 4. The van der Waals surface area contributed by atoms with Crippen LogP contribution in [0.1, 0.15) is 17.5 Å². The zero-order valence-electron chi connectivity index (χ0n) is 17.0. The third-order valence-electron chi connectivity index (χ3n) is 5.69. The van der Waals surface area contributed by atoms with Gasteiger partial charge in [0.05, 0.1) is 27.3 Å². The van der Waals surface area contributed by atoms with Crippen molar-refractivity contribution in [1.82, 2.24) is 4.90 Å². The van der Waals surface area contributed by atoms with Gasteiger partial charge in [0.1, 0.15) is 0 Å². The topological polar surface area (TPSA) is 61.2 Å². The van der Waals surface area contributed by atoms with Crippen molar-refractivity contribution in [2.45, 2.75) is 17.9 Å². The molecule has 1 atom stereocenters. The van der Waals surface area contributed by atoms with Crippen LogP contribution in [0.3, 0.4) is 0 Å². The lowest BCUT2D eigenvalue weighted by Crippen LogP contribution is -2.23. The Labute approximate surface area is 188 Å². The van der Waals surface area contributed by atoms with E-state index in [1.54, 1.807) is 0 Å². The molecule has 0 aromatic heterocycles. The molecular weight excluding hydrogens is 428 g/mol. The van der Waals surface area contributed by atoms with Crippen LogP contribution in [-0.4, -0.2) is 32.2 Å². The van der Waals surface area contributed by atoms with E-state index in [-0.39, 0.29) is 21.6 Å². The largest absolute Gasteiger partial charge is 0.299 e. The lowest BCUT2D eigenvalue weighted by Gasteiger charge is -2.17. The summed E-state index contributed by atoms with van der Waals surface area (Å²) in [5.41, 5.74) is 3.90. The van der Waals surface area contributed by atoms with Crippen LogP contribution in [0.2, 0.25) is 5.02 Å². The average Bonchev–Trinajstić information content (AvgIpc) is 3.21. The van der Waals surface area contributed by atoms with E-state index in [9.17, 15) is 8.42 Å². The number of nitrogens with zero attached hydrogens (tertiary/aromatic N) is 2. The van der Waals surface area contributed by atoms with Gasteiger partial charge < -0.3 is 0 Å². The lowest BCUT2D eigenvalue weighted by molar-refractivity contribution is 0.320. The summed E-state index contributed by atoms with van der Waals surface area (Å²) in [6.45, 7) is 2.40. The van der Waals surface area contributed by atoms with E-state index in [0.29, 0.717) is 5.56 Å². The molecule has 0 unspecified atom stereocenters.